The van der Waals surface area contributed by atoms with Gasteiger partial charge in [0, 0.05) is 0 Å². The fourth-order valence-electron chi connectivity index (χ4n) is 2.29. The van der Waals surface area contributed by atoms with E-state index in [1.807, 2.05) is 49.4 Å². The van der Waals surface area contributed by atoms with Crippen LogP contribution in [0.15, 0.2) is 42.5 Å². The SMILES string of the molecule is CCCOc1ccc2nc(NC(=O)COc3ccccc3C)sc2c1. The zero-order valence-electron chi connectivity index (χ0n) is 14.2. The van der Waals surface area contributed by atoms with Gasteiger partial charge in [-0.25, -0.2) is 4.98 Å². The van der Waals surface area contributed by atoms with Crippen LogP contribution in [-0.4, -0.2) is 24.1 Å². The zero-order valence-corrected chi connectivity index (χ0v) is 15.1. The van der Waals surface area contributed by atoms with Crippen molar-refractivity contribution in [3.63, 3.8) is 0 Å². The molecular formula is C19H20N2O3S. The van der Waals surface area contributed by atoms with E-state index < -0.39 is 0 Å². The first-order valence-electron chi connectivity index (χ1n) is 8.17. The molecule has 0 aliphatic rings. The number of hydrogen-bond acceptors (Lipinski definition) is 5. The first-order valence-corrected chi connectivity index (χ1v) is 8.99. The number of aromatic nitrogens is 1. The van der Waals surface area contributed by atoms with Crippen LogP contribution in [0.4, 0.5) is 5.13 Å². The molecule has 25 heavy (non-hydrogen) atoms. The van der Waals surface area contributed by atoms with Gasteiger partial charge in [-0.2, -0.15) is 0 Å². The molecule has 0 spiro atoms. The van der Waals surface area contributed by atoms with Crippen molar-refractivity contribution in [1.29, 1.82) is 0 Å². The molecule has 0 aliphatic carbocycles. The van der Waals surface area contributed by atoms with Gasteiger partial charge in [-0.05, 0) is 43.2 Å². The minimum atomic E-state index is -0.232. The number of fused-ring (bicyclic) bond motifs is 1. The molecule has 0 saturated heterocycles. The van der Waals surface area contributed by atoms with Gasteiger partial charge < -0.3 is 9.47 Å². The molecule has 6 heteroatoms. The number of carbonyl (C=O) groups is 1. The van der Waals surface area contributed by atoms with Gasteiger partial charge in [0.25, 0.3) is 5.91 Å². The minimum Gasteiger partial charge on any atom is -0.494 e. The number of benzene rings is 2. The van der Waals surface area contributed by atoms with Crippen LogP contribution in [0.2, 0.25) is 0 Å². The third-order valence-corrected chi connectivity index (χ3v) is 4.47. The Bertz CT molecular complexity index is 876. The van der Waals surface area contributed by atoms with Crippen LogP contribution in [0.1, 0.15) is 18.9 Å². The van der Waals surface area contributed by atoms with Crippen LogP contribution in [0.5, 0.6) is 11.5 Å². The average molecular weight is 356 g/mol. The Morgan fingerprint density at radius 3 is 2.84 bits per heavy atom. The molecule has 3 rings (SSSR count). The molecule has 0 fully saturated rings. The molecule has 1 N–H and O–H groups in total. The van der Waals surface area contributed by atoms with Gasteiger partial charge in [-0.15, -0.1) is 0 Å². The van der Waals surface area contributed by atoms with Gasteiger partial charge in [-0.3, -0.25) is 10.1 Å². The number of nitrogens with one attached hydrogen (secondary N) is 1. The van der Waals surface area contributed by atoms with Crippen molar-refractivity contribution in [3.05, 3.63) is 48.0 Å². The second-order valence-electron chi connectivity index (χ2n) is 5.60. The Balaban J connectivity index is 1.62. The van der Waals surface area contributed by atoms with E-state index in [1.165, 1.54) is 11.3 Å². The number of amides is 1. The number of anilines is 1. The topological polar surface area (TPSA) is 60.5 Å². The summed E-state index contributed by atoms with van der Waals surface area (Å²) in [6, 6.07) is 13.3. The molecule has 1 aromatic heterocycles. The average Bonchev–Trinajstić information content (AvgIpc) is 3.00. The summed E-state index contributed by atoms with van der Waals surface area (Å²) < 4.78 is 12.2. The van der Waals surface area contributed by atoms with Crippen molar-refractivity contribution >= 4 is 32.6 Å². The van der Waals surface area contributed by atoms with E-state index in [1.54, 1.807) is 0 Å². The molecule has 1 heterocycles. The molecule has 0 saturated carbocycles. The summed E-state index contributed by atoms with van der Waals surface area (Å²) in [7, 11) is 0. The number of rotatable bonds is 7. The molecule has 0 radical (unpaired) electrons. The highest BCUT2D eigenvalue weighted by atomic mass is 32.1. The summed E-state index contributed by atoms with van der Waals surface area (Å²) in [5.74, 6) is 1.29. The number of carbonyl (C=O) groups excluding carboxylic acids is 1. The highest BCUT2D eigenvalue weighted by Gasteiger charge is 2.10. The molecule has 1 amide bonds. The lowest BCUT2D eigenvalue weighted by atomic mass is 10.2. The minimum absolute atomic E-state index is 0.0500. The monoisotopic (exact) mass is 356 g/mol. The first kappa shape index (κ1) is 17.2. The van der Waals surface area contributed by atoms with Gasteiger partial charge in [0.05, 0.1) is 16.8 Å². The first-order chi connectivity index (χ1) is 12.2. The van der Waals surface area contributed by atoms with Crippen LogP contribution in [0.25, 0.3) is 10.2 Å². The fourth-order valence-corrected chi connectivity index (χ4v) is 3.20. The lowest BCUT2D eigenvalue weighted by Gasteiger charge is -2.07. The predicted molar refractivity (Wildman–Crippen MR) is 101 cm³/mol. The van der Waals surface area contributed by atoms with E-state index in [2.05, 4.69) is 17.2 Å². The highest BCUT2D eigenvalue weighted by molar-refractivity contribution is 7.22. The third kappa shape index (κ3) is 4.48. The summed E-state index contributed by atoms with van der Waals surface area (Å²) in [4.78, 5) is 16.5. The van der Waals surface area contributed by atoms with Crippen LogP contribution in [0, 0.1) is 6.92 Å². The lowest BCUT2D eigenvalue weighted by Crippen LogP contribution is -2.20. The molecule has 5 nitrogen and oxygen atoms in total. The van der Waals surface area contributed by atoms with Crippen molar-refractivity contribution in [2.75, 3.05) is 18.5 Å². The van der Waals surface area contributed by atoms with Gasteiger partial charge in [0.2, 0.25) is 0 Å². The van der Waals surface area contributed by atoms with E-state index in [0.29, 0.717) is 17.5 Å². The van der Waals surface area contributed by atoms with Gasteiger partial charge in [0.1, 0.15) is 11.5 Å². The Morgan fingerprint density at radius 2 is 2.04 bits per heavy atom. The summed E-state index contributed by atoms with van der Waals surface area (Å²) >= 11 is 1.42. The standard InChI is InChI=1S/C19H20N2O3S/c1-3-10-23-14-8-9-15-17(11-14)25-19(20-15)21-18(22)12-24-16-7-5-4-6-13(16)2/h4-9,11H,3,10,12H2,1-2H3,(H,20,21,22). The molecule has 3 aromatic rings. The number of thiazole rings is 1. The number of hydrogen-bond donors (Lipinski definition) is 1. The van der Waals surface area contributed by atoms with Crippen molar-refractivity contribution in [2.24, 2.45) is 0 Å². The van der Waals surface area contributed by atoms with E-state index in [4.69, 9.17) is 9.47 Å². The number of nitrogens with zero attached hydrogens (tertiary/aromatic N) is 1. The third-order valence-electron chi connectivity index (χ3n) is 3.53. The zero-order chi connectivity index (χ0) is 17.6. The van der Waals surface area contributed by atoms with Crippen molar-refractivity contribution in [2.45, 2.75) is 20.3 Å². The summed E-state index contributed by atoms with van der Waals surface area (Å²) in [6.45, 7) is 4.65. The second-order valence-corrected chi connectivity index (χ2v) is 6.63. The highest BCUT2D eigenvalue weighted by Crippen LogP contribution is 2.29. The summed E-state index contributed by atoms with van der Waals surface area (Å²) in [6.07, 6.45) is 0.961. The van der Waals surface area contributed by atoms with E-state index in [9.17, 15) is 4.79 Å². The van der Waals surface area contributed by atoms with Crippen LogP contribution >= 0.6 is 11.3 Å². The summed E-state index contributed by atoms with van der Waals surface area (Å²) in [5, 5.41) is 3.34. The number of ether oxygens (including phenoxy) is 2. The maximum atomic E-state index is 12.1. The Morgan fingerprint density at radius 1 is 1.20 bits per heavy atom. The Hall–Kier alpha value is -2.60. The number of para-hydroxylation sites is 1. The van der Waals surface area contributed by atoms with Crippen molar-refractivity contribution in [1.82, 2.24) is 4.98 Å². The van der Waals surface area contributed by atoms with Crippen LogP contribution in [-0.2, 0) is 4.79 Å². The van der Waals surface area contributed by atoms with E-state index in [0.717, 1.165) is 28.0 Å². The fraction of sp³-hybridized carbons (Fsp3) is 0.263. The number of aryl methyl sites for hydroxylation is 1. The Kier molecular flexibility index (Phi) is 5.50. The Labute approximate surface area is 150 Å². The van der Waals surface area contributed by atoms with Crippen LogP contribution in [0.3, 0.4) is 0 Å². The molecule has 0 atom stereocenters. The molecule has 0 unspecified atom stereocenters. The normalized spacial score (nSPS) is 10.6. The molecule has 130 valence electrons. The molecular weight excluding hydrogens is 336 g/mol. The largest absolute Gasteiger partial charge is 0.494 e. The second kappa shape index (κ2) is 7.98. The molecule has 0 bridgehead atoms. The molecule has 0 aliphatic heterocycles. The van der Waals surface area contributed by atoms with E-state index in [-0.39, 0.29) is 12.5 Å². The lowest BCUT2D eigenvalue weighted by molar-refractivity contribution is -0.118. The van der Waals surface area contributed by atoms with Crippen molar-refractivity contribution in [3.8, 4) is 11.5 Å². The molecule has 2 aromatic carbocycles. The van der Waals surface area contributed by atoms with E-state index >= 15 is 0 Å². The summed E-state index contributed by atoms with van der Waals surface area (Å²) in [5.41, 5.74) is 1.83. The quantitative estimate of drug-likeness (QED) is 0.681. The van der Waals surface area contributed by atoms with Gasteiger partial charge in [0.15, 0.2) is 11.7 Å². The van der Waals surface area contributed by atoms with Crippen molar-refractivity contribution < 1.29 is 14.3 Å². The predicted octanol–water partition coefficient (Wildman–Crippen LogP) is 4.41. The van der Waals surface area contributed by atoms with Gasteiger partial charge in [-0.1, -0.05) is 36.5 Å². The maximum Gasteiger partial charge on any atom is 0.264 e. The maximum absolute atomic E-state index is 12.1. The van der Waals surface area contributed by atoms with Crippen LogP contribution < -0.4 is 14.8 Å². The van der Waals surface area contributed by atoms with Gasteiger partial charge >= 0.3 is 0 Å². The smallest absolute Gasteiger partial charge is 0.264 e.